The average molecular weight is 254 g/mol. The number of likely N-dealkylation sites (tertiary alicyclic amines) is 2. The lowest BCUT2D eigenvalue weighted by molar-refractivity contribution is -0.135. The van der Waals surface area contributed by atoms with Crippen LogP contribution in [0, 0.1) is 0 Å². The molecule has 0 aromatic heterocycles. The van der Waals surface area contributed by atoms with Crippen molar-refractivity contribution in [1.82, 2.24) is 9.80 Å². The van der Waals surface area contributed by atoms with Crippen molar-refractivity contribution in [2.45, 2.75) is 57.5 Å². The van der Waals surface area contributed by atoms with Crippen molar-refractivity contribution in [2.75, 3.05) is 26.2 Å². The van der Waals surface area contributed by atoms with E-state index in [1.54, 1.807) is 0 Å². The maximum absolute atomic E-state index is 12.3. The van der Waals surface area contributed by atoms with E-state index in [0.717, 1.165) is 38.8 Å². The molecule has 4 nitrogen and oxygen atoms in total. The van der Waals surface area contributed by atoms with E-state index in [4.69, 9.17) is 0 Å². The molecule has 0 aromatic rings. The fourth-order valence-corrected chi connectivity index (χ4v) is 3.22. The van der Waals surface area contributed by atoms with E-state index in [1.807, 2.05) is 4.90 Å². The first-order chi connectivity index (χ1) is 8.72. The van der Waals surface area contributed by atoms with Crippen LogP contribution in [0.5, 0.6) is 0 Å². The van der Waals surface area contributed by atoms with Crippen LogP contribution in [0.3, 0.4) is 0 Å². The minimum Gasteiger partial charge on any atom is -0.395 e. The van der Waals surface area contributed by atoms with E-state index in [-0.39, 0.29) is 18.6 Å². The standard InChI is InChI=1S/C14H26N2O2/c1-12-6-5-7-13(11-17)16(12)10-14(18)15-8-3-2-4-9-15/h12-13,17H,2-11H2,1H3. The minimum absolute atomic E-state index is 0.178. The summed E-state index contributed by atoms with van der Waals surface area (Å²) in [5, 5.41) is 9.44. The lowest BCUT2D eigenvalue weighted by atomic mass is 9.97. The van der Waals surface area contributed by atoms with Gasteiger partial charge in [0.05, 0.1) is 13.2 Å². The molecule has 1 amide bonds. The van der Waals surface area contributed by atoms with Crippen molar-refractivity contribution in [3.63, 3.8) is 0 Å². The van der Waals surface area contributed by atoms with Gasteiger partial charge in [0, 0.05) is 25.2 Å². The first kappa shape index (κ1) is 13.8. The van der Waals surface area contributed by atoms with Crippen LogP contribution in [0.15, 0.2) is 0 Å². The quantitative estimate of drug-likeness (QED) is 0.824. The highest BCUT2D eigenvalue weighted by Crippen LogP contribution is 2.22. The lowest BCUT2D eigenvalue weighted by Crippen LogP contribution is -2.52. The predicted octanol–water partition coefficient (Wildman–Crippen LogP) is 1.23. The summed E-state index contributed by atoms with van der Waals surface area (Å²) in [6.07, 6.45) is 6.87. The second-order valence-corrected chi connectivity index (χ2v) is 5.73. The summed E-state index contributed by atoms with van der Waals surface area (Å²) in [4.78, 5) is 16.5. The van der Waals surface area contributed by atoms with Gasteiger partial charge in [-0.1, -0.05) is 6.42 Å². The van der Waals surface area contributed by atoms with E-state index in [1.165, 1.54) is 12.8 Å². The van der Waals surface area contributed by atoms with Crippen molar-refractivity contribution < 1.29 is 9.90 Å². The molecular formula is C14H26N2O2. The third-order valence-corrected chi connectivity index (χ3v) is 4.43. The van der Waals surface area contributed by atoms with Crippen LogP contribution in [0.2, 0.25) is 0 Å². The van der Waals surface area contributed by atoms with Crippen molar-refractivity contribution >= 4 is 5.91 Å². The molecule has 104 valence electrons. The van der Waals surface area contributed by atoms with Gasteiger partial charge in [-0.05, 0) is 39.0 Å². The highest BCUT2D eigenvalue weighted by Gasteiger charge is 2.30. The summed E-state index contributed by atoms with van der Waals surface area (Å²) >= 11 is 0. The zero-order valence-electron chi connectivity index (χ0n) is 11.5. The largest absolute Gasteiger partial charge is 0.395 e. The fourth-order valence-electron chi connectivity index (χ4n) is 3.22. The van der Waals surface area contributed by atoms with Crippen LogP contribution >= 0.6 is 0 Å². The molecular weight excluding hydrogens is 228 g/mol. The van der Waals surface area contributed by atoms with Crippen LogP contribution in [0.4, 0.5) is 0 Å². The van der Waals surface area contributed by atoms with Crippen LogP contribution in [-0.4, -0.2) is 59.1 Å². The van der Waals surface area contributed by atoms with Gasteiger partial charge in [0.25, 0.3) is 0 Å². The molecule has 2 heterocycles. The Morgan fingerprint density at radius 1 is 1.17 bits per heavy atom. The number of aliphatic hydroxyl groups excluding tert-OH is 1. The summed E-state index contributed by atoms with van der Waals surface area (Å²) in [5.74, 6) is 0.252. The second kappa shape index (κ2) is 6.53. The molecule has 2 fully saturated rings. The van der Waals surface area contributed by atoms with Crippen LogP contribution in [0.25, 0.3) is 0 Å². The lowest BCUT2D eigenvalue weighted by Gasteiger charge is -2.40. The average Bonchev–Trinajstić information content (AvgIpc) is 2.42. The zero-order chi connectivity index (χ0) is 13.0. The highest BCUT2D eigenvalue weighted by atomic mass is 16.3. The van der Waals surface area contributed by atoms with E-state index >= 15 is 0 Å². The van der Waals surface area contributed by atoms with Crippen LogP contribution in [0.1, 0.15) is 45.4 Å². The number of amides is 1. The van der Waals surface area contributed by atoms with E-state index < -0.39 is 0 Å². The van der Waals surface area contributed by atoms with Crippen molar-refractivity contribution in [3.8, 4) is 0 Å². The number of aliphatic hydroxyl groups is 1. The van der Waals surface area contributed by atoms with Gasteiger partial charge in [0.1, 0.15) is 0 Å². The number of hydrogen-bond donors (Lipinski definition) is 1. The molecule has 2 aliphatic rings. The fraction of sp³-hybridized carbons (Fsp3) is 0.929. The molecule has 4 heteroatoms. The number of rotatable bonds is 3. The van der Waals surface area contributed by atoms with Crippen LogP contribution in [-0.2, 0) is 4.79 Å². The van der Waals surface area contributed by atoms with Gasteiger partial charge >= 0.3 is 0 Å². The van der Waals surface area contributed by atoms with E-state index in [0.29, 0.717) is 12.6 Å². The molecule has 0 spiro atoms. The van der Waals surface area contributed by atoms with Crippen molar-refractivity contribution in [3.05, 3.63) is 0 Å². The Morgan fingerprint density at radius 3 is 2.56 bits per heavy atom. The van der Waals surface area contributed by atoms with E-state index in [2.05, 4.69) is 11.8 Å². The Bertz CT molecular complexity index is 277. The molecule has 2 rings (SSSR count). The number of nitrogens with zero attached hydrogens (tertiary/aromatic N) is 2. The Kier molecular flexibility index (Phi) is 5.01. The first-order valence-electron chi connectivity index (χ1n) is 7.36. The molecule has 2 aliphatic heterocycles. The molecule has 1 N–H and O–H groups in total. The Labute approximate surface area is 110 Å². The smallest absolute Gasteiger partial charge is 0.236 e. The number of carbonyl (C=O) groups is 1. The first-order valence-corrected chi connectivity index (χ1v) is 7.36. The topological polar surface area (TPSA) is 43.8 Å². The van der Waals surface area contributed by atoms with Gasteiger partial charge in [-0.25, -0.2) is 0 Å². The second-order valence-electron chi connectivity index (χ2n) is 5.73. The van der Waals surface area contributed by atoms with Gasteiger partial charge in [-0.15, -0.1) is 0 Å². The normalized spacial score (nSPS) is 30.4. The molecule has 2 atom stereocenters. The molecule has 2 unspecified atom stereocenters. The molecule has 2 saturated heterocycles. The number of piperidine rings is 2. The van der Waals surface area contributed by atoms with Gasteiger partial charge in [-0.2, -0.15) is 0 Å². The zero-order valence-corrected chi connectivity index (χ0v) is 11.5. The monoisotopic (exact) mass is 254 g/mol. The molecule has 0 bridgehead atoms. The molecule has 0 aromatic carbocycles. The third-order valence-electron chi connectivity index (χ3n) is 4.43. The van der Waals surface area contributed by atoms with Gasteiger partial charge in [-0.3, -0.25) is 9.69 Å². The maximum atomic E-state index is 12.3. The summed E-state index contributed by atoms with van der Waals surface area (Å²) in [7, 11) is 0. The number of carbonyl (C=O) groups excluding carboxylic acids is 1. The van der Waals surface area contributed by atoms with Crippen molar-refractivity contribution in [2.24, 2.45) is 0 Å². The van der Waals surface area contributed by atoms with Gasteiger partial charge in [0.15, 0.2) is 0 Å². The Morgan fingerprint density at radius 2 is 1.89 bits per heavy atom. The van der Waals surface area contributed by atoms with Crippen LogP contribution < -0.4 is 0 Å². The molecule has 0 radical (unpaired) electrons. The Hall–Kier alpha value is -0.610. The number of hydrogen-bond acceptors (Lipinski definition) is 3. The SMILES string of the molecule is CC1CCCC(CO)N1CC(=O)N1CCCCC1. The molecule has 0 saturated carbocycles. The third kappa shape index (κ3) is 3.23. The summed E-state index contributed by atoms with van der Waals surface area (Å²) in [5.41, 5.74) is 0. The van der Waals surface area contributed by atoms with E-state index in [9.17, 15) is 9.90 Å². The minimum atomic E-state index is 0.178. The van der Waals surface area contributed by atoms with Gasteiger partial charge < -0.3 is 10.0 Å². The maximum Gasteiger partial charge on any atom is 0.236 e. The molecule has 0 aliphatic carbocycles. The highest BCUT2D eigenvalue weighted by molar-refractivity contribution is 5.78. The predicted molar refractivity (Wildman–Crippen MR) is 71.3 cm³/mol. The Balaban J connectivity index is 1.90. The summed E-state index contributed by atoms with van der Waals surface area (Å²) < 4.78 is 0. The molecule has 18 heavy (non-hydrogen) atoms. The van der Waals surface area contributed by atoms with Gasteiger partial charge in [0.2, 0.25) is 5.91 Å². The van der Waals surface area contributed by atoms with Crippen molar-refractivity contribution in [1.29, 1.82) is 0 Å². The summed E-state index contributed by atoms with van der Waals surface area (Å²) in [6, 6.07) is 0.604. The summed E-state index contributed by atoms with van der Waals surface area (Å²) in [6.45, 7) is 4.69.